The molecule has 0 aliphatic rings. The van der Waals surface area contributed by atoms with Gasteiger partial charge in [-0.2, -0.15) is 0 Å². The van der Waals surface area contributed by atoms with Crippen LogP contribution in [0.5, 0.6) is 0 Å². The molecule has 0 saturated carbocycles. The van der Waals surface area contributed by atoms with Gasteiger partial charge in [-0.15, -0.1) is 0 Å². The van der Waals surface area contributed by atoms with Gasteiger partial charge in [0.05, 0.1) is 13.0 Å². The molecule has 2 aromatic rings. The minimum Gasteiger partial charge on any atom is -0.466 e. The molecule has 0 bridgehead atoms. The normalized spacial score (nSPS) is 12.0. The number of carbonyl (C=O) groups is 1. The molecule has 3 nitrogen and oxygen atoms in total. The summed E-state index contributed by atoms with van der Waals surface area (Å²) in [6.45, 7) is 2.15. The summed E-state index contributed by atoms with van der Waals surface area (Å²) in [6, 6.07) is 15.1. The number of halogens is 1. The van der Waals surface area contributed by atoms with Crippen molar-refractivity contribution < 1.29 is 9.53 Å². The van der Waals surface area contributed by atoms with Crippen molar-refractivity contribution in [1.29, 1.82) is 0 Å². The van der Waals surface area contributed by atoms with Gasteiger partial charge in [0.2, 0.25) is 0 Å². The number of benzene rings is 2. The molecule has 0 aliphatic carbocycles. The molecule has 110 valence electrons. The van der Waals surface area contributed by atoms with Crippen LogP contribution in [0.15, 0.2) is 48.5 Å². The smallest absolute Gasteiger partial charge is 0.307 e. The third-order valence-corrected chi connectivity index (χ3v) is 3.40. The maximum Gasteiger partial charge on any atom is 0.307 e. The summed E-state index contributed by atoms with van der Waals surface area (Å²) in [4.78, 5) is 11.5. The van der Waals surface area contributed by atoms with Crippen LogP contribution >= 0.6 is 11.6 Å². The van der Waals surface area contributed by atoms with Crippen molar-refractivity contribution >= 4 is 17.6 Å². The topological polar surface area (TPSA) is 52.3 Å². The van der Waals surface area contributed by atoms with Crippen LogP contribution in [0.25, 0.3) is 11.1 Å². The van der Waals surface area contributed by atoms with Crippen LogP contribution in [-0.4, -0.2) is 12.6 Å². The Bertz CT molecular complexity index is 628. The molecule has 2 rings (SSSR count). The Labute approximate surface area is 129 Å². The number of rotatable bonds is 5. The van der Waals surface area contributed by atoms with Crippen molar-refractivity contribution in [3.8, 4) is 11.1 Å². The highest BCUT2D eigenvalue weighted by atomic mass is 35.5. The molecule has 0 heterocycles. The number of hydrogen-bond acceptors (Lipinski definition) is 3. The van der Waals surface area contributed by atoms with Gasteiger partial charge >= 0.3 is 5.97 Å². The zero-order valence-electron chi connectivity index (χ0n) is 11.9. The SMILES string of the molecule is CCOC(=O)C[C@H](N)c1cccc(-c2cccc(Cl)c2)c1. The second-order valence-corrected chi connectivity index (χ2v) is 5.19. The molecule has 2 aromatic carbocycles. The fraction of sp³-hybridized carbons (Fsp3) is 0.235. The van der Waals surface area contributed by atoms with Crippen LogP contribution in [-0.2, 0) is 9.53 Å². The van der Waals surface area contributed by atoms with Crippen molar-refractivity contribution in [2.45, 2.75) is 19.4 Å². The molecule has 0 saturated heterocycles. The van der Waals surface area contributed by atoms with E-state index in [-0.39, 0.29) is 18.4 Å². The summed E-state index contributed by atoms with van der Waals surface area (Å²) in [5, 5.41) is 0.689. The molecule has 2 N–H and O–H groups in total. The molecule has 0 amide bonds. The molecule has 0 spiro atoms. The Morgan fingerprint density at radius 1 is 1.19 bits per heavy atom. The fourth-order valence-corrected chi connectivity index (χ4v) is 2.32. The standard InChI is InChI=1S/C17H18ClNO2/c1-2-21-17(20)11-16(19)14-7-3-5-12(9-14)13-6-4-8-15(18)10-13/h3-10,16H,2,11,19H2,1H3/t16-/m0/s1. The van der Waals surface area contributed by atoms with E-state index in [1.807, 2.05) is 48.5 Å². The maximum atomic E-state index is 11.5. The Balaban J connectivity index is 2.19. The molecule has 4 heteroatoms. The van der Waals surface area contributed by atoms with E-state index in [2.05, 4.69) is 0 Å². The molecule has 0 fully saturated rings. The van der Waals surface area contributed by atoms with Gasteiger partial charge in [0, 0.05) is 11.1 Å². The van der Waals surface area contributed by atoms with Gasteiger partial charge in [0.25, 0.3) is 0 Å². The van der Waals surface area contributed by atoms with E-state index in [0.717, 1.165) is 16.7 Å². The Morgan fingerprint density at radius 3 is 2.52 bits per heavy atom. The predicted octanol–water partition coefficient (Wildman–Crippen LogP) is 3.96. The van der Waals surface area contributed by atoms with Crippen LogP contribution in [0.4, 0.5) is 0 Å². The van der Waals surface area contributed by atoms with E-state index in [0.29, 0.717) is 11.6 Å². The molecule has 0 aliphatic heterocycles. The van der Waals surface area contributed by atoms with Crippen molar-refractivity contribution in [1.82, 2.24) is 0 Å². The first-order valence-electron chi connectivity index (χ1n) is 6.87. The lowest BCUT2D eigenvalue weighted by molar-refractivity contribution is -0.143. The number of esters is 1. The number of nitrogens with two attached hydrogens (primary N) is 1. The van der Waals surface area contributed by atoms with Gasteiger partial charge in [-0.25, -0.2) is 0 Å². The van der Waals surface area contributed by atoms with Gasteiger partial charge in [0.15, 0.2) is 0 Å². The maximum absolute atomic E-state index is 11.5. The predicted molar refractivity (Wildman–Crippen MR) is 85.1 cm³/mol. The van der Waals surface area contributed by atoms with Gasteiger partial charge in [-0.05, 0) is 41.8 Å². The number of hydrogen-bond donors (Lipinski definition) is 1. The summed E-state index contributed by atoms with van der Waals surface area (Å²) in [6.07, 6.45) is 0.173. The van der Waals surface area contributed by atoms with Crippen molar-refractivity contribution in [3.05, 3.63) is 59.1 Å². The van der Waals surface area contributed by atoms with Gasteiger partial charge in [0.1, 0.15) is 0 Å². The third kappa shape index (κ3) is 4.31. The van der Waals surface area contributed by atoms with Crippen LogP contribution < -0.4 is 5.73 Å². The average Bonchev–Trinajstić information content (AvgIpc) is 2.47. The van der Waals surface area contributed by atoms with E-state index in [4.69, 9.17) is 22.1 Å². The van der Waals surface area contributed by atoms with E-state index in [1.165, 1.54) is 0 Å². The monoisotopic (exact) mass is 303 g/mol. The van der Waals surface area contributed by atoms with Crippen LogP contribution in [0.2, 0.25) is 5.02 Å². The highest BCUT2D eigenvalue weighted by molar-refractivity contribution is 6.30. The lowest BCUT2D eigenvalue weighted by Crippen LogP contribution is -2.17. The van der Waals surface area contributed by atoms with Crippen LogP contribution in [0, 0.1) is 0 Å². The van der Waals surface area contributed by atoms with Crippen molar-refractivity contribution in [2.75, 3.05) is 6.61 Å². The minimum atomic E-state index is -0.372. The summed E-state index contributed by atoms with van der Waals surface area (Å²) in [5.74, 6) is -0.279. The van der Waals surface area contributed by atoms with Crippen molar-refractivity contribution in [3.63, 3.8) is 0 Å². The molecule has 1 atom stereocenters. The second kappa shape index (κ2) is 7.25. The molecule has 21 heavy (non-hydrogen) atoms. The second-order valence-electron chi connectivity index (χ2n) is 4.75. The quantitative estimate of drug-likeness (QED) is 0.851. The minimum absolute atomic E-state index is 0.173. The molecule has 0 aromatic heterocycles. The zero-order valence-corrected chi connectivity index (χ0v) is 12.6. The summed E-state index contributed by atoms with van der Waals surface area (Å²) >= 11 is 6.01. The van der Waals surface area contributed by atoms with Gasteiger partial charge < -0.3 is 10.5 Å². The average molecular weight is 304 g/mol. The van der Waals surface area contributed by atoms with E-state index < -0.39 is 0 Å². The first-order valence-corrected chi connectivity index (χ1v) is 7.25. The lowest BCUT2D eigenvalue weighted by Gasteiger charge is -2.13. The van der Waals surface area contributed by atoms with E-state index in [1.54, 1.807) is 6.92 Å². The van der Waals surface area contributed by atoms with Gasteiger partial charge in [-0.3, -0.25) is 4.79 Å². The largest absolute Gasteiger partial charge is 0.466 e. The number of carbonyl (C=O) groups excluding carboxylic acids is 1. The first-order chi connectivity index (χ1) is 10.1. The molecular formula is C17H18ClNO2. The fourth-order valence-electron chi connectivity index (χ4n) is 2.13. The molecule has 0 radical (unpaired) electrons. The lowest BCUT2D eigenvalue weighted by atomic mass is 9.98. The van der Waals surface area contributed by atoms with Crippen LogP contribution in [0.3, 0.4) is 0 Å². The summed E-state index contributed by atoms with van der Waals surface area (Å²) in [7, 11) is 0. The van der Waals surface area contributed by atoms with E-state index >= 15 is 0 Å². The van der Waals surface area contributed by atoms with Crippen molar-refractivity contribution in [2.24, 2.45) is 5.73 Å². The Kier molecular flexibility index (Phi) is 5.37. The molecular weight excluding hydrogens is 286 g/mol. The summed E-state index contributed by atoms with van der Waals surface area (Å²) in [5.41, 5.74) is 9.02. The molecule has 0 unspecified atom stereocenters. The highest BCUT2D eigenvalue weighted by Crippen LogP contribution is 2.25. The first kappa shape index (κ1) is 15.5. The highest BCUT2D eigenvalue weighted by Gasteiger charge is 2.13. The summed E-state index contributed by atoms with van der Waals surface area (Å²) < 4.78 is 4.93. The van der Waals surface area contributed by atoms with Gasteiger partial charge in [-0.1, -0.05) is 41.9 Å². The third-order valence-electron chi connectivity index (χ3n) is 3.16. The van der Waals surface area contributed by atoms with E-state index in [9.17, 15) is 4.79 Å². The number of ether oxygens (including phenoxy) is 1. The zero-order chi connectivity index (χ0) is 15.2. The van der Waals surface area contributed by atoms with Crippen LogP contribution in [0.1, 0.15) is 24.9 Å². The Hall–Kier alpha value is -1.84. The Morgan fingerprint density at radius 2 is 1.86 bits per heavy atom.